The first-order valence-corrected chi connectivity index (χ1v) is 10.9. The van der Waals surface area contributed by atoms with Gasteiger partial charge in [0, 0.05) is 11.8 Å². The number of nitrogens with zero attached hydrogens (tertiary/aromatic N) is 3. The maximum absolute atomic E-state index is 13.4. The molecule has 1 amide bonds. The molecule has 31 heavy (non-hydrogen) atoms. The summed E-state index contributed by atoms with van der Waals surface area (Å²) in [5.41, 5.74) is 0.914. The lowest BCUT2D eigenvalue weighted by Crippen LogP contribution is -2.15. The van der Waals surface area contributed by atoms with E-state index in [1.807, 2.05) is 46.3 Å². The van der Waals surface area contributed by atoms with Crippen LogP contribution < -0.4 is 10.1 Å². The van der Waals surface area contributed by atoms with Gasteiger partial charge < -0.3 is 10.1 Å². The molecule has 158 valence electrons. The van der Waals surface area contributed by atoms with Crippen LogP contribution in [0.3, 0.4) is 0 Å². The van der Waals surface area contributed by atoms with E-state index in [0.717, 1.165) is 22.7 Å². The number of amides is 1. The Hall–Kier alpha value is -3.24. The Morgan fingerprint density at radius 2 is 1.97 bits per heavy atom. The molecule has 0 saturated carbocycles. The van der Waals surface area contributed by atoms with Crippen molar-refractivity contribution in [3.8, 4) is 22.1 Å². The number of benzene rings is 2. The van der Waals surface area contributed by atoms with Gasteiger partial charge in [0.1, 0.15) is 5.75 Å². The molecule has 0 bridgehead atoms. The van der Waals surface area contributed by atoms with Gasteiger partial charge in [0.15, 0.2) is 22.6 Å². The summed E-state index contributed by atoms with van der Waals surface area (Å²) in [6.45, 7) is 0. The predicted octanol–water partition coefficient (Wildman–Crippen LogP) is 5.01. The molecule has 4 aromatic rings. The fourth-order valence-corrected chi connectivity index (χ4v) is 4.30. The molecule has 4 rings (SSSR count). The normalized spacial score (nSPS) is 10.8. The van der Waals surface area contributed by atoms with E-state index >= 15 is 0 Å². The van der Waals surface area contributed by atoms with E-state index in [4.69, 9.17) is 4.74 Å². The van der Waals surface area contributed by atoms with Gasteiger partial charge in [-0.05, 0) is 35.7 Å². The third kappa shape index (κ3) is 4.59. The van der Waals surface area contributed by atoms with Crippen LogP contribution in [-0.2, 0) is 4.79 Å². The fourth-order valence-electron chi connectivity index (χ4n) is 2.86. The number of ether oxygens (including phenoxy) is 1. The van der Waals surface area contributed by atoms with E-state index in [9.17, 15) is 13.6 Å². The molecule has 2 heterocycles. The SMILES string of the molecule is COc1ccccc1-n1c(SCC(=O)Nc2ccc(F)c(F)c2)nnc1-c1cccs1. The topological polar surface area (TPSA) is 69.0 Å². The van der Waals surface area contributed by atoms with Crippen molar-refractivity contribution >= 4 is 34.7 Å². The molecular weight excluding hydrogens is 442 g/mol. The minimum Gasteiger partial charge on any atom is -0.495 e. The number of carbonyl (C=O) groups excluding carboxylic acids is 1. The molecule has 0 spiro atoms. The largest absolute Gasteiger partial charge is 0.495 e. The van der Waals surface area contributed by atoms with Crippen LogP contribution in [0, 0.1) is 11.6 Å². The van der Waals surface area contributed by atoms with E-state index < -0.39 is 11.6 Å². The molecule has 2 aromatic heterocycles. The van der Waals surface area contributed by atoms with Gasteiger partial charge in [-0.2, -0.15) is 0 Å². The average Bonchev–Trinajstić information content (AvgIpc) is 3.44. The van der Waals surface area contributed by atoms with Crippen LogP contribution in [-0.4, -0.2) is 33.5 Å². The van der Waals surface area contributed by atoms with Crippen molar-refractivity contribution in [3.63, 3.8) is 0 Å². The molecule has 0 fully saturated rings. The highest BCUT2D eigenvalue weighted by atomic mass is 32.2. The monoisotopic (exact) mass is 458 g/mol. The Kier molecular flexibility index (Phi) is 6.28. The standard InChI is InChI=1S/C21H16F2N4O2S2/c1-29-17-6-3-2-5-16(17)27-20(18-7-4-10-30-18)25-26-21(27)31-12-19(28)24-13-8-9-14(22)15(23)11-13/h2-11H,12H2,1H3,(H,24,28). The Morgan fingerprint density at radius 3 is 2.71 bits per heavy atom. The third-order valence-electron chi connectivity index (χ3n) is 4.24. The quantitative estimate of drug-likeness (QED) is 0.394. The molecule has 2 aromatic carbocycles. The number of thiophene rings is 1. The van der Waals surface area contributed by atoms with Crippen molar-refractivity contribution in [2.75, 3.05) is 18.2 Å². The van der Waals surface area contributed by atoms with Gasteiger partial charge in [-0.1, -0.05) is 30.0 Å². The second-order valence-electron chi connectivity index (χ2n) is 6.26. The molecule has 0 aliphatic carbocycles. The van der Waals surface area contributed by atoms with Gasteiger partial charge >= 0.3 is 0 Å². The lowest BCUT2D eigenvalue weighted by Gasteiger charge is -2.13. The number of thioether (sulfide) groups is 1. The third-order valence-corrected chi connectivity index (χ3v) is 6.03. The molecule has 1 N–H and O–H groups in total. The zero-order valence-corrected chi connectivity index (χ0v) is 17.8. The second-order valence-corrected chi connectivity index (χ2v) is 8.15. The van der Waals surface area contributed by atoms with Gasteiger partial charge in [0.05, 0.1) is 23.4 Å². The number of para-hydroxylation sites is 2. The van der Waals surface area contributed by atoms with Crippen LogP contribution in [0.1, 0.15) is 0 Å². The smallest absolute Gasteiger partial charge is 0.234 e. The second kappa shape index (κ2) is 9.27. The lowest BCUT2D eigenvalue weighted by molar-refractivity contribution is -0.113. The highest BCUT2D eigenvalue weighted by Gasteiger charge is 2.20. The van der Waals surface area contributed by atoms with Crippen molar-refractivity contribution in [2.24, 2.45) is 0 Å². The van der Waals surface area contributed by atoms with Crippen LogP contribution in [0.5, 0.6) is 5.75 Å². The molecule has 0 unspecified atom stereocenters. The highest BCUT2D eigenvalue weighted by molar-refractivity contribution is 7.99. The Balaban J connectivity index is 1.60. The summed E-state index contributed by atoms with van der Waals surface area (Å²) >= 11 is 2.69. The van der Waals surface area contributed by atoms with Crippen LogP contribution in [0.2, 0.25) is 0 Å². The average molecular weight is 459 g/mol. The fraction of sp³-hybridized carbons (Fsp3) is 0.0952. The summed E-state index contributed by atoms with van der Waals surface area (Å²) in [5.74, 6) is -1.13. The summed E-state index contributed by atoms with van der Waals surface area (Å²) in [4.78, 5) is 13.3. The number of anilines is 1. The zero-order chi connectivity index (χ0) is 21.8. The number of aromatic nitrogens is 3. The molecular formula is C21H16F2N4O2S2. The summed E-state index contributed by atoms with van der Waals surface area (Å²) in [6, 6.07) is 14.5. The Bertz CT molecular complexity index is 1210. The van der Waals surface area contributed by atoms with E-state index in [-0.39, 0.29) is 17.3 Å². The summed E-state index contributed by atoms with van der Waals surface area (Å²) in [6.07, 6.45) is 0. The molecule has 0 saturated heterocycles. The highest BCUT2D eigenvalue weighted by Crippen LogP contribution is 2.34. The molecule has 6 nitrogen and oxygen atoms in total. The Labute approximate surface area is 184 Å². The molecule has 0 atom stereocenters. The summed E-state index contributed by atoms with van der Waals surface area (Å²) in [7, 11) is 1.58. The number of methoxy groups -OCH3 is 1. The maximum Gasteiger partial charge on any atom is 0.234 e. The van der Waals surface area contributed by atoms with E-state index in [1.54, 1.807) is 7.11 Å². The van der Waals surface area contributed by atoms with Crippen LogP contribution >= 0.6 is 23.1 Å². The van der Waals surface area contributed by atoms with E-state index in [0.29, 0.717) is 16.7 Å². The number of halogens is 2. The zero-order valence-electron chi connectivity index (χ0n) is 16.2. The lowest BCUT2D eigenvalue weighted by atomic mass is 10.3. The van der Waals surface area contributed by atoms with Crippen molar-refractivity contribution in [1.29, 1.82) is 0 Å². The predicted molar refractivity (Wildman–Crippen MR) is 117 cm³/mol. The summed E-state index contributed by atoms with van der Waals surface area (Å²) in [5, 5.41) is 13.6. The van der Waals surface area contributed by atoms with Gasteiger partial charge in [0.25, 0.3) is 0 Å². The van der Waals surface area contributed by atoms with Crippen LogP contribution in [0.15, 0.2) is 65.1 Å². The number of hydrogen-bond donors (Lipinski definition) is 1. The molecule has 0 aliphatic rings. The van der Waals surface area contributed by atoms with Crippen molar-refractivity contribution in [3.05, 3.63) is 71.6 Å². The van der Waals surface area contributed by atoms with E-state index in [1.165, 1.54) is 29.2 Å². The van der Waals surface area contributed by atoms with Gasteiger partial charge in [-0.15, -0.1) is 21.5 Å². The van der Waals surface area contributed by atoms with Crippen LogP contribution in [0.25, 0.3) is 16.4 Å². The number of hydrogen-bond acceptors (Lipinski definition) is 6. The minimum absolute atomic E-state index is 0.00326. The molecule has 0 radical (unpaired) electrons. The van der Waals surface area contributed by atoms with Crippen molar-refractivity contribution < 1.29 is 18.3 Å². The minimum atomic E-state index is -1.03. The van der Waals surface area contributed by atoms with Crippen molar-refractivity contribution in [2.45, 2.75) is 5.16 Å². The molecule has 0 aliphatic heterocycles. The van der Waals surface area contributed by atoms with Gasteiger partial charge in [-0.3, -0.25) is 9.36 Å². The first-order valence-electron chi connectivity index (χ1n) is 9.07. The van der Waals surface area contributed by atoms with Crippen LogP contribution in [0.4, 0.5) is 14.5 Å². The van der Waals surface area contributed by atoms with Crippen molar-refractivity contribution in [1.82, 2.24) is 14.8 Å². The maximum atomic E-state index is 13.4. The number of rotatable bonds is 7. The number of nitrogens with one attached hydrogen (secondary N) is 1. The van der Waals surface area contributed by atoms with E-state index in [2.05, 4.69) is 15.5 Å². The first-order chi connectivity index (χ1) is 15.1. The Morgan fingerprint density at radius 1 is 1.13 bits per heavy atom. The summed E-state index contributed by atoms with van der Waals surface area (Å²) < 4.78 is 33.8. The van der Waals surface area contributed by atoms with Gasteiger partial charge in [-0.25, -0.2) is 8.78 Å². The molecule has 10 heteroatoms. The first kappa shape index (κ1) is 21.0. The van der Waals surface area contributed by atoms with Gasteiger partial charge in [0.2, 0.25) is 5.91 Å². The number of carbonyl (C=O) groups is 1.